The molecule has 0 unspecified atom stereocenters. The Balaban J connectivity index is 2.32. The summed E-state index contributed by atoms with van der Waals surface area (Å²) in [6.07, 6.45) is 0. The molecule has 1 aromatic heterocycles. The maximum atomic E-state index is 9.19. The van der Waals surface area contributed by atoms with Gasteiger partial charge in [-0.15, -0.1) is 5.10 Å². The zero-order valence-corrected chi connectivity index (χ0v) is 13.4. The lowest BCUT2D eigenvalue weighted by molar-refractivity contribution is 0.501. The third kappa shape index (κ3) is 3.30. The molecule has 0 bridgehead atoms. The molecule has 0 saturated carbocycles. The van der Waals surface area contributed by atoms with Gasteiger partial charge in [-0.25, -0.2) is 4.68 Å². The zero-order valence-electron chi connectivity index (χ0n) is 13.4. The molecule has 0 saturated heterocycles. The van der Waals surface area contributed by atoms with Crippen LogP contribution in [0.5, 0.6) is 0 Å². The van der Waals surface area contributed by atoms with E-state index in [9.17, 15) is 5.26 Å². The molecule has 4 nitrogen and oxygen atoms in total. The van der Waals surface area contributed by atoms with Crippen LogP contribution in [0.15, 0.2) is 24.3 Å². The molecule has 0 atom stereocenters. The van der Waals surface area contributed by atoms with Gasteiger partial charge in [0.25, 0.3) is 0 Å². The molecule has 1 aromatic carbocycles. The molecule has 2 aromatic rings. The van der Waals surface area contributed by atoms with E-state index in [1.807, 2.05) is 4.68 Å². The standard InChI is InChI=1S/C17H22N4/c1-12(2)14-8-6-13(7-9-14)11-21-16(17(3,4)5)15(10-18)19-20-21/h6-9,12H,11H2,1-5H3. The second-order valence-electron chi connectivity index (χ2n) is 6.70. The van der Waals surface area contributed by atoms with Gasteiger partial charge in [0.2, 0.25) is 0 Å². The van der Waals surface area contributed by atoms with Gasteiger partial charge in [0.05, 0.1) is 12.2 Å². The Bertz CT molecular complexity index is 652. The lowest BCUT2D eigenvalue weighted by atomic mass is 9.90. The Hall–Kier alpha value is -2.15. The van der Waals surface area contributed by atoms with Gasteiger partial charge < -0.3 is 0 Å². The summed E-state index contributed by atoms with van der Waals surface area (Å²) in [4.78, 5) is 0. The normalized spacial score (nSPS) is 11.7. The van der Waals surface area contributed by atoms with Crippen LogP contribution in [-0.2, 0) is 12.0 Å². The van der Waals surface area contributed by atoms with Crippen molar-refractivity contribution in [2.24, 2.45) is 0 Å². The first-order valence-electron chi connectivity index (χ1n) is 7.26. The predicted octanol–water partition coefficient (Wildman–Crippen LogP) is 3.62. The minimum Gasteiger partial charge on any atom is -0.243 e. The van der Waals surface area contributed by atoms with E-state index in [1.54, 1.807) is 0 Å². The van der Waals surface area contributed by atoms with Crippen molar-refractivity contribution in [3.63, 3.8) is 0 Å². The van der Waals surface area contributed by atoms with Crippen molar-refractivity contribution < 1.29 is 0 Å². The molecule has 0 fully saturated rings. The quantitative estimate of drug-likeness (QED) is 0.864. The van der Waals surface area contributed by atoms with Gasteiger partial charge in [0, 0.05) is 5.41 Å². The Morgan fingerprint density at radius 2 is 1.81 bits per heavy atom. The summed E-state index contributed by atoms with van der Waals surface area (Å²) in [5.41, 5.74) is 3.64. The monoisotopic (exact) mass is 282 g/mol. The molecule has 0 aliphatic heterocycles. The second-order valence-corrected chi connectivity index (χ2v) is 6.70. The van der Waals surface area contributed by atoms with Gasteiger partial charge in [-0.3, -0.25) is 0 Å². The van der Waals surface area contributed by atoms with Crippen LogP contribution in [0.1, 0.15) is 63.1 Å². The Morgan fingerprint density at radius 1 is 1.19 bits per heavy atom. The number of aromatic nitrogens is 3. The summed E-state index contributed by atoms with van der Waals surface area (Å²) in [6.45, 7) is 11.2. The average molecular weight is 282 g/mol. The first-order chi connectivity index (χ1) is 9.82. The summed E-state index contributed by atoms with van der Waals surface area (Å²) in [7, 11) is 0. The summed E-state index contributed by atoms with van der Waals surface area (Å²) >= 11 is 0. The fourth-order valence-electron chi connectivity index (χ4n) is 2.42. The number of benzene rings is 1. The van der Waals surface area contributed by atoms with E-state index < -0.39 is 0 Å². The number of hydrogen-bond donors (Lipinski definition) is 0. The maximum Gasteiger partial charge on any atom is 0.186 e. The van der Waals surface area contributed by atoms with Gasteiger partial charge in [0.1, 0.15) is 6.07 Å². The van der Waals surface area contributed by atoms with E-state index in [1.165, 1.54) is 11.1 Å². The van der Waals surface area contributed by atoms with E-state index in [2.05, 4.69) is 75.3 Å². The Labute approximate surface area is 126 Å². The van der Waals surface area contributed by atoms with Crippen molar-refractivity contribution in [3.8, 4) is 6.07 Å². The highest BCUT2D eigenvalue weighted by molar-refractivity contribution is 5.31. The van der Waals surface area contributed by atoms with E-state index in [4.69, 9.17) is 0 Å². The molecule has 110 valence electrons. The topological polar surface area (TPSA) is 54.5 Å². The van der Waals surface area contributed by atoms with Crippen LogP contribution in [-0.4, -0.2) is 15.0 Å². The molecular weight excluding hydrogens is 260 g/mol. The smallest absolute Gasteiger partial charge is 0.186 e. The van der Waals surface area contributed by atoms with Gasteiger partial charge in [-0.05, 0) is 17.0 Å². The van der Waals surface area contributed by atoms with E-state index in [0.717, 1.165) is 5.69 Å². The highest BCUT2D eigenvalue weighted by atomic mass is 15.4. The zero-order chi connectivity index (χ0) is 15.6. The van der Waals surface area contributed by atoms with Crippen molar-refractivity contribution in [3.05, 3.63) is 46.8 Å². The van der Waals surface area contributed by atoms with Crippen LogP contribution in [0.25, 0.3) is 0 Å². The van der Waals surface area contributed by atoms with Crippen molar-refractivity contribution >= 4 is 0 Å². The predicted molar refractivity (Wildman–Crippen MR) is 83.1 cm³/mol. The number of rotatable bonds is 3. The Morgan fingerprint density at radius 3 is 2.29 bits per heavy atom. The van der Waals surface area contributed by atoms with Crippen LogP contribution in [0.3, 0.4) is 0 Å². The van der Waals surface area contributed by atoms with Gasteiger partial charge in [-0.2, -0.15) is 5.26 Å². The third-order valence-electron chi connectivity index (χ3n) is 3.53. The minimum atomic E-state index is -0.160. The van der Waals surface area contributed by atoms with Crippen molar-refractivity contribution in [2.75, 3.05) is 0 Å². The molecule has 1 heterocycles. The number of hydrogen-bond acceptors (Lipinski definition) is 3. The number of nitrogens with zero attached hydrogens (tertiary/aromatic N) is 4. The lowest BCUT2D eigenvalue weighted by Gasteiger charge is -2.20. The highest BCUT2D eigenvalue weighted by Crippen LogP contribution is 2.25. The van der Waals surface area contributed by atoms with Crippen LogP contribution >= 0.6 is 0 Å². The van der Waals surface area contributed by atoms with Gasteiger partial charge >= 0.3 is 0 Å². The van der Waals surface area contributed by atoms with Crippen molar-refractivity contribution in [1.82, 2.24) is 15.0 Å². The van der Waals surface area contributed by atoms with Crippen LogP contribution < -0.4 is 0 Å². The van der Waals surface area contributed by atoms with Crippen molar-refractivity contribution in [2.45, 2.75) is 52.5 Å². The molecule has 21 heavy (non-hydrogen) atoms. The van der Waals surface area contributed by atoms with Gasteiger partial charge in [-0.1, -0.05) is 64.1 Å². The Kier molecular flexibility index (Phi) is 4.13. The summed E-state index contributed by atoms with van der Waals surface area (Å²) in [5, 5.41) is 17.3. The molecule has 0 radical (unpaired) electrons. The second kappa shape index (κ2) is 5.69. The summed E-state index contributed by atoms with van der Waals surface area (Å²) < 4.78 is 1.84. The largest absolute Gasteiger partial charge is 0.243 e. The first kappa shape index (κ1) is 15.2. The SMILES string of the molecule is CC(C)c1ccc(Cn2nnc(C#N)c2C(C)(C)C)cc1. The molecule has 0 amide bonds. The van der Waals surface area contributed by atoms with Crippen LogP contribution in [0.4, 0.5) is 0 Å². The molecule has 0 N–H and O–H groups in total. The maximum absolute atomic E-state index is 9.19. The summed E-state index contributed by atoms with van der Waals surface area (Å²) in [6, 6.07) is 10.7. The lowest BCUT2D eigenvalue weighted by Crippen LogP contribution is -2.20. The molecular formula is C17H22N4. The fourth-order valence-corrected chi connectivity index (χ4v) is 2.42. The first-order valence-corrected chi connectivity index (χ1v) is 7.26. The fraction of sp³-hybridized carbons (Fsp3) is 0.471. The molecule has 0 aliphatic carbocycles. The molecule has 0 spiro atoms. The van der Waals surface area contributed by atoms with Gasteiger partial charge in [0.15, 0.2) is 5.69 Å². The minimum absolute atomic E-state index is 0.160. The highest BCUT2D eigenvalue weighted by Gasteiger charge is 2.25. The molecule has 0 aliphatic rings. The third-order valence-corrected chi connectivity index (χ3v) is 3.53. The van der Waals surface area contributed by atoms with E-state index in [-0.39, 0.29) is 5.41 Å². The molecule has 4 heteroatoms. The molecule has 2 rings (SSSR count). The van der Waals surface area contributed by atoms with E-state index in [0.29, 0.717) is 18.2 Å². The average Bonchev–Trinajstić information content (AvgIpc) is 2.82. The van der Waals surface area contributed by atoms with Crippen LogP contribution in [0.2, 0.25) is 0 Å². The number of nitriles is 1. The van der Waals surface area contributed by atoms with E-state index >= 15 is 0 Å². The van der Waals surface area contributed by atoms with Crippen LogP contribution in [0, 0.1) is 11.3 Å². The van der Waals surface area contributed by atoms with Crippen molar-refractivity contribution in [1.29, 1.82) is 5.26 Å². The summed E-state index contributed by atoms with van der Waals surface area (Å²) in [5.74, 6) is 0.528.